The van der Waals surface area contributed by atoms with Gasteiger partial charge in [-0.3, -0.25) is 9.78 Å². The van der Waals surface area contributed by atoms with E-state index in [2.05, 4.69) is 10.3 Å². The summed E-state index contributed by atoms with van der Waals surface area (Å²) in [5.74, 6) is 0.0129. The monoisotopic (exact) mass is 224 g/mol. The molecule has 0 spiro atoms. The molecular formula is C13H24N2O. The standard InChI is InChI=1S/C9H12N2O.2C2H6/c1-8(12)11-6-4-9-3-2-5-10-7-9;2*1-2/h2-3,5,7H,4,6H2,1H3,(H,11,12);2*1-2H3. The van der Waals surface area contributed by atoms with Crippen LogP contribution in [0.4, 0.5) is 0 Å². The third kappa shape index (κ3) is 10.7. The predicted molar refractivity (Wildman–Crippen MR) is 69.3 cm³/mol. The number of hydrogen-bond donors (Lipinski definition) is 1. The average Bonchev–Trinajstić information content (AvgIpc) is 2.35. The first-order valence-corrected chi connectivity index (χ1v) is 5.92. The van der Waals surface area contributed by atoms with Crippen molar-refractivity contribution in [3.63, 3.8) is 0 Å². The first kappa shape index (κ1) is 17.0. The fourth-order valence-corrected chi connectivity index (χ4v) is 0.929. The highest BCUT2D eigenvalue weighted by Gasteiger charge is 1.92. The number of hydrogen-bond acceptors (Lipinski definition) is 2. The van der Waals surface area contributed by atoms with Gasteiger partial charge < -0.3 is 5.32 Å². The minimum Gasteiger partial charge on any atom is -0.356 e. The lowest BCUT2D eigenvalue weighted by Crippen LogP contribution is -2.22. The normalized spacial score (nSPS) is 7.81. The fraction of sp³-hybridized carbons (Fsp3) is 0.538. The molecule has 16 heavy (non-hydrogen) atoms. The Morgan fingerprint density at radius 1 is 1.31 bits per heavy atom. The van der Waals surface area contributed by atoms with Gasteiger partial charge in [0.05, 0.1) is 0 Å². The van der Waals surface area contributed by atoms with Gasteiger partial charge in [0, 0.05) is 25.9 Å². The molecule has 0 bridgehead atoms. The van der Waals surface area contributed by atoms with Crippen molar-refractivity contribution in [1.29, 1.82) is 0 Å². The molecule has 3 heteroatoms. The molecule has 0 aliphatic carbocycles. The van der Waals surface area contributed by atoms with Crippen molar-refractivity contribution in [2.24, 2.45) is 0 Å². The summed E-state index contributed by atoms with van der Waals surface area (Å²) in [6.45, 7) is 10.2. The Balaban J connectivity index is 0. The van der Waals surface area contributed by atoms with Gasteiger partial charge in [0.2, 0.25) is 5.91 Å². The van der Waals surface area contributed by atoms with E-state index in [1.165, 1.54) is 6.92 Å². The van der Waals surface area contributed by atoms with E-state index in [0.717, 1.165) is 12.0 Å². The van der Waals surface area contributed by atoms with Crippen molar-refractivity contribution >= 4 is 5.91 Å². The zero-order valence-electron chi connectivity index (χ0n) is 11.1. The molecule has 92 valence electrons. The second kappa shape index (κ2) is 13.6. The second-order valence-corrected chi connectivity index (χ2v) is 2.59. The molecule has 0 saturated heterocycles. The van der Waals surface area contributed by atoms with Crippen LogP contribution in [0.15, 0.2) is 24.5 Å². The maximum Gasteiger partial charge on any atom is 0.216 e. The molecule has 0 radical (unpaired) electrons. The van der Waals surface area contributed by atoms with E-state index in [1.807, 2.05) is 46.0 Å². The molecule has 0 aliphatic rings. The lowest BCUT2D eigenvalue weighted by Gasteiger charge is -2.00. The number of pyridine rings is 1. The summed E-state index contributed by atoms with van der Waals surface area (Å²) in [6, 6.07) is 3.89. The van der Waals surface area contributed by atoms with Crippen LogP contribution in [0.3, 0.4) is 0 Å². The Morgan fingerprint density at radius 2 is 1.94 bits per heavy atom. The molecule has 0 unspecified atom stereocenters. The van der Waals surface area contributed by atoms with Gasteiger partial charge in [-0.05, 0) is 18.1 Å². The SMILES string of the molecule is CC.CC.CC(=O)NCCc1cccnc1. The molecule has 0 fully saturated rings. The zero-order chi connectivity index (χ0) is 12.8. The molecular weight excluding hydrogens is 200 g/mol. The van der Waals surface area contributed by atoms with E-state index in [-0.39, 0.29) is 5.91 Å². The molecule has 0 saturated carbocycles. The van der Waals surface area contributed by atoms with Gasteiger partial charge in [0.1, 0.15) is 0 Å². The number of amides is 1. The summed E-state index contributed by atoms with van der Waals surface area (Å²) >= 11 is 0. The summed E-state index contributed by atoms with van der Waals surface area (Å²) in [6.07, 6.45) is 4.39. The molecule has 1 rings (SSSR count). The first-order valence-electron chi connectivity index (χ1n) is 5.92. The highest BCUT2D eigenvalue weighted by molar-refractivity contribution is 5.72. The molecule has 0 aromatic carbocycles. The maximum atomic E-state index is 10.5. The maximum absolute atomic E-state index is 10.5. The summed E-state index contributed by atoms with van der Waals surface area (Å²) < 4.78 is 0. The van der Waals surface area contributed by atoms with Crippen LogP contribution in [0, 0.1) is 0 Å². The van der Waals surface area contributed by atoms with Gasteiger partial charge in [-0.15, -0.1) is 0 Å². The predicted octanol–water partition coefficient (Wildman–Crippen LogP) is 2.81. The molecule has 1 aromatic rings. The van der Waals surface area contributed by atoms with Crippen molar-refractivity contribution < 1.29 is 4.79 Å². The van der Waals surface area contributed by atoms with Crippen LogP contribution < -0.4 is 5.32 Å². The Hall–Kier alpha value is -1.38. The van der Waals surface area contributed by atoms with Gasteiger partial charge in [-0.1, -0.05) is 33.8 Å². The number of carbonyl (C=O) groups is 1. The van der Waals surface area contributed by atoms with Crippen LogP contribution in [-0.2, 0) is 11.2 Å². The molecule has 1 aromatic heterocycles. The number of carbonyl (C=O) groups excluding carboxylic acids is 1. The largest absolute Gasteiger partial charge is 0.356 e. The summed E-state index contributed by atoms with van der Waals surface area (Å²) in [5, 5.41) is 2.73. The van der Waals surface area contributed by atoms with Crippen molar-refractivity contribution in [3.8, 4) is 0 Å². The number of aromatic nitrogens is 1. The van der Waals surface area contributed by atoms with E-state index < -0.39 is 0 Å². The number of rotatable bonds is 3. The Morgan fingerprint density at radius 3 is 2.38 bits per heavy atom. The second-order valence-electron chi connectivity index (χ2n) is 2.59. The summed E-state index contributed by atoms with van der Waals surface area (Å²) in [7, 11) is 0. The lowest BCUT2D eigenvalue weighted by molar-refractivity contribution is -0.118. The van der Waals surface area contributed by atoms with E-state index in [0.29, 0.717) is 6.54 Å². The van der Waals surface area contributed by atoms with E-state index in [4.69, 9.17) is 0 Å². The van der Waals surface area contributed by atoms with Crippen molar-refractivity contribution in [2.45, 2.75) is 41.0 Å². The molecule has 0 atom stereocenters. The minimum atomic E-state index is 0.0129. The van der Waals surface area contributed by atoms with Crippen LogP contribution in [0.2, 0.25) is 0 Å². The lowest BCUT2D eigenvalue weighted by atomic mass is 10.2. The van der Waals surface area contributed by atoms with Gasteiger partial charge in [0.15, 0.2) is 0 Å². The molecule has 3 nitrogen and oxygen atoms in total. The van der Waals surface area contributed by atoms with Gasteiger partial charge in [0.25, 0.3) is 0 Å². The summed E-state index contributed by atoms with van der Waals surface area (Å²) in [4.78, 5) is 14.5. The first-order chi connectivity index (χ1) is 7.79. The minimum absolute atomic E-state index is 0.0129. The molecule has 1 heterocycles. The van der Waals surface area contributed by atoms with Gasteiger partial charge in [-0.2, -0.15) is 0 Å². The average molecular weight is 224 g/mol. The number of nitrogens with zero attached hydrogens (tertiary/aromatic N) is 1. The Kier molecular flexibility index (Phi) is 14.5. The zero-order valence-corrected chi connectivity index (χ0v) is 11.1. The molecule has 1 N–H and O–H groups in total. The van der Waals surface area contributed by atoms with Crippen LogP contribution in [0.25, 0.3) is 0 Å². The van der Waals surface area contributed by atoms with Crippen LogP contribution in [-0.4, -0.2) is 17.4 Å². The van der Waals surface area contributed by atoms with Crippen molar-refractivity contribution in [3.05, 3.63) is 30.1 Å². The topological polar surface area (TPSA) is 42.0 Å². The third-order valence-electron chi connectivity index (χ3n) is 1.51. The summed E-state index contributed by atoms with van der Waals surface area (Å²) in [5.41, 5.74) is 1.14. The Labute approximate surface area is 99.3 Å². The van der Waals surface area contributed by atoms with Crippen molar-refractivity contribution in [1.82, 2.24) is 10.3 Å². The van der Waals surface area contributed by atoms with E-state index >= 15 is 0 Å². The van der Waals surface area contributed by atoms with E-state index in [9.17, 15) is 4.79 Å². The number of nitrogens with one attached hydrogen (secondary N) is 1. The van der Waals surface area contributed by atoms with Crippen LogP contribution in [0.1, 0.15) is 40.2 Å². The van der Waals surface area contributed by atoms with E-state index in [1.54, 1.807) is 6.20 Å². The van der Waals surface area contributed by atoms with Crippen molar-refractivity contribution in [2.75, 3.05) is 6.54 Å². The smallest absolute Gasteiger partial charge is 0.216 e. The Bertz CT molecular complexity index is 247. The van der Waals surface area contributed by atoms with Crippen LogP contribution >= 0.6 is 0 Å². The van der Waals surface area contributed by atoms with Gasteiger partial charge >= 0.3 is 0 Å². The fourth-order valence-electron chi connectivity index (χ4n) is 0.929. The highest BCUT2D eigenvalue weighted by atomic mass is 16.1. The quantitative estimate of drug-likeness (QED) is 0.857. The molecule has 0 aliphatic heterocycles. The third-order valence-corrected chi connectivity index (χ3v) is 1.51. The highest BCUT2D eigenvalue weighted by Crippen LogP contribution is 1.94. The molecule has 1 amide bonds. The van der Waals surface area contributed by atoms with Crippen LogP contribution in [0.5, 0.6) is 0 Å². The van der Waals surface area contributed by atoms with Gasteiger partial charge in [-0.25, -0.2) is 0 Å².